The van der Waals surface area contributed by atoms with Crippen LogP contribution in [0.15, 0.2) is 47.3 Å². The molecule has 1 heterocycles. The fourth-order valence-corrected chi connectivity index (χ4v) is 2.91. The number of carbonyl (C=O) groups excluding carboxylic acids is 1. The number of halogens is 4. The van der Waals surface area contributed by atoms with Gasteiger partial charge in [0.15, 0.2) is 0 Å². The first kappa shape index (κ1) is 19.9. The predicted molar refractivity (Wildman–Crippen MR) is 99.9 cm³/mol. The van der Waals surface area contributed by atoms with E-state index in [0.717, 1.165) is 16.8 Å². The Labute approximate surface area is 162 Å². The molecule has 0 atom stereocenters. The fourth-order valence-electron chi connectivity index (χ4n) is 2.79. The Kier molecular flexibility index (Phi) is 5.42. The van der Waals surface area contributed by atoms with Crippen molar-refractivity contribution in [3.8, 4) is 0 Å². The highest BCUT2D eigenvalue weighted by atomic mass is 35.5. The average molecular weight is 410 g/mol. The van der Waals surface area contributed by atoms with Gasteiger partial charge in [0, 0.05) is 11.4 Å². The summed E-state index contributed by atoms with van der Waals surface area (Å²) in [6, 6.07) is 9.85. The molecule has 2 aromatic carbocycles. The number of amides is 1. The van der Waals surface area contributed by atoms with Gasteiger partial charge in [-0.05, 0) is 29.8 Å². The minimum atomic E-state index is -4.64. The molecule has 1 aromatic heterocycles. The molecular weight excluding hydrogens is 395 g/mol. The quantitative estimate of drug-likeness (QED) is 0.709. The van der Waals surface area contributed by atoms with Gasteiger partial charge < -0.3 is 0 Å². The van der Waals surface area contributed by atoms with Crippen LogP contribution < -0.4 is 11.0 Å². The van der Waals surface area contributed by atoms with Crippen LogP contribution in [0.4, 0.5) is 13.2 Å². The molecule has 3 rings (SSSR count). The molecule has 0 fully saturated rings. The number of fused-ring (bicyclic) bond motifs is 1. The van der Waals surface area contributed by atoms with Crippen LogP contribution in [0.1, 0.15) is 23.9 Å². The first-order chi connectivity index (χ1) is 13.2. The summed E-state index contributed by atoms with van der Waals surface area (Å²) < 4.78 is 40.6. The van der Waals surface area contributed by atoms with E-state index in [1.165, 1.54) is 6.07 Å². The molecule has 1 amide bonds. The third kappa shape index (κ3) is 4.01. The molecule has 0 aliphatic heterocycles. The van der Waals surface area contributed by atoms with Crippen molar-refractivity contribution in [2.24, 2.45) is 0 Å². The first-order valence-electron chi connectivity index (χ1n) is 8.37. The van der Waals surface area contributed by atoms with Crippen molar-refractivity contribution in [1.82, 2.24) is 9.66 Å². The summed E-state index contributed by atoms with van der Waals surface area (Å²) in [5, 5.41) is 0.298. The summed E-state index contributed by atoms with van der Waals surface area (Å²) in [5.41, 5.74) is 0.913. The molecule has 1 N–H and O–H groups in total. The minimum absolute atomic E-state index is 0.0265. The third-order valence-corrected chi connectivity index (χ3v) is 4.36. The largest absolute Gasteiger partial charge is 0.418 e. The Morgan fingerprint density at radius 1 is 1.18 bits per heavy atom. The Bertz CT molecular complexity index is 1090. The van der Waals surface area contributed by atoms with Crippen LogP contribution in [0.3, 0.4) is 0 Å². The highest BCUT2D eigenvalue weighted by Crippen LogP contribution is 2.33. The number of para-hydroxylation sites is 1. The molecule has 0 saturated carbocycles. The molecular formula is C19H15ClF3N3O2. The zero-order valence-corrected chi connectivity index (χ0v) is 15.4. The van der Waals surface area contributed by atoms with Gasteiger partial charge in [0.2, 0.25) is 5.91 Å². The van der Waals surface area contributed by atoms with E-state index < -0.39 is 28.7 Å². The molecule has 146 valence electrons. The summed E-state index contributed by atoms with van der Waals surface area (Å²) in [5.74, 6) is -0.481. The van der Waals surface area contributed by atoms with E-state index in [0.29, 0.717) is 10.6 Å². The summed E-state index contributed by atoms with van der Waals surface area (Å²) in [4.78, 5) is 29.1. The molecule has 28 heavy (non-hydrogen) atoms. The average Bonchev–Trinajstić information content (AvgIpc) is 2.64. The number of carbonyl (C=O) groups is 1. The number of nitrogens with one attached hydrogen (secondary N) is 1. The van der Waals surface area contributed by atoms with Crippen molar-refractivity contribution in [2.45, 2.75) is 25.9 Å². The van der Waals surface area contributed by atoms with Gasteiger partial charge in [-0.25, -0.2) is 9.66 Å². The van der Waals surface area contributed by atoms with E-state index in [2.05, 4.69) is 10.4 Å². The highest BCUT2D eigenvalue weighted by Gasteiger charge is 2.34. The molecule has 0 radical (unpaired) electrons. The molecule has 0 bridgehead atoms. The van der Waals surface area contributed by atoms with Crippen LogP contribution in [0, 0.1) is 0 Å². The van der Waals surface area contributed by atoms with E-state index in [1.807, 2.05) is 0 Å². The van der Waals surface area contributed by atoms with Crippen molar-refractivity contribution in [3.63, 3.8) is 0 Å². The molecule has 0 spiro atoms. The van der Waals surface area contributed by atoms with Crippen LogP contribution in [0.2, 0.25) is 5.02 Å². The maximum atomic E-state index is 13.2. The number of aryl methyl sites for hydroxylation is 1. The number of benzene rings is 2. The van der Waals surface area contributed by atoms with Crippen LogP contribution in [0.25, 0.3) is 10.9 Å². The van der Waals surface area contributed by atoms with Crippen molar-refractivity contribution >= 4 is 28.4 Å². The number of nitrogens with zero attached hydrogens (tertiary/aromatic N) is 2. The van der Waals surface area contributed by atoms with Crippen LogP contribution in [-0.4, -0.2) is 15.6 Å². The smallest absolute Gasteiger partial charge is 0.273 e. The summed E-state index contributed by atoms with van der Waals surface area (Å²) in [6.45, 7) is 1.63. The lowest BCUT2D eigenvalue weighted by Gasteiger charge is -2.15. The van der Waals surface area contributed by atoms with E-state index in [4.69, 9.17) is 11.6 Å². The number of alkyl halides is 3. The van der Waals surface area contributed by atoms with E-state index in [1.54, 1.807) is 31.2 Å². The summed E-state index contributed by atoms with van der Waals surface area (Å²) in [7, 11) is 0. The van der Waals surface area contributed by atoms with E-state index >= 15 is 0 Å². The van der Waals surface area contributed by atoms with Crippen LogP contribution >= 0.6 is 11.6 Å². The van der Waals surface area contributed by atoms with Gasteiger partial charge >= 0.3 is 6.18 Å². The van der Waals surface area contributed by atoms with E-state index in [9.17, 15) is 22.8 Å². The first-order valence-corrected chi connectivity index (χ1v) is 8.74. The second-order valence-corrected chi connectivity index (χ2v) is 6.50. The number of hydrogen-bond donors (Lipinski definition) is 1. The Balaban J connectivity index is 2.01. The van der Waals surface area contributed by atoms with Gasteiger partial charge in [-0.3, -0.25) is 15.0 Å². The van der Waals surface area contributed by atoms with Gasteiger partial charge in [-0.1, -0.05) is 36.7 Å². The zero-order valence-electron chi connectivity index (χ0n) is 14.7. The fraction of sp³-hybridized carbons (Fsp3) is 0.211. The SMILES string of the molecule is CCc1nc2c(C(F)(F)F)cccc2c(=O)n1NC(=O)Cc1ccc(Cl)cc1. The maximum Gasteiger partial charge on any atom is 0.418 e. The zero-order chi connectivity index (χ0) is 20.5. The molecule has 3 aromatic rings. The lowest BCUT2D eigenvalue weighted by molar-refractivity contribution is -0.136. The normalized spacial score (nSPS) is 11.6. The van der Waals surface area contributed by atoms with Crippen LogP contribution in [-0.2, 0) is 23.8 Å². The molecule has 0 unspecified atom stereocenters. The predicted octanol–water partition coefficient (Wildman–Crippen LogP) is 3.94. The second-order valence-electron chi connectivity index (χ2n) is 6.06. The molecule has 0 saturated heterocycles. The summed E-state index contributed by atoms with van der Waals surface area (Å²) in [6.07, 6.45) is -4.53. The van der Waals surface area contributed by atoms with Crippen molar-refractivity contribution in [1.29, 1.82) is 0 Å². The van der Waals surface area contributed by atoms with Crippen molar-refractivity contribution in [3.05, 3.63) is 74.8 Å². The topological polar surface area (TPSA) is 64.0 Å². The maximum absolute atomic E-state index is 13.2. The second kappa shape index (κ2) is 7.63. The Hall–Kier alpha value is -2.87. The van der Waals surface area contributed by atoms with Crippen LogP contribution in [0.5, 0.6) is 0 Å². The molecule has 9 heteroatoms. The highest BCUT2D eigenvalue weighted by molar-refractivity contribution is 6.30. The lowest BCUT2D eigenvalue weighted by atomic mass is 10.1. The molecule has 0 aliphatic carbocycles. The Morgan fingerprint density at radius 2 is 1.86 bits per heavy atom. The van der Waals surface area contributed by atoms with Crippen molar-refractivity contribution < 1.29 is 18.0 Å². The standard InChI is InChI=1S/C19H15ClF3N3O2/c1-2-15-24-17-13(4-3-5-14(17)19(21,22)23)18(28)26(15)25-16(27)10-11-6-8-12(20)9-7-11/h3-9H,2,10H2,1H3,(H,25,27). The molecule has 0 aliphatic rings. The number of rotatable bonds is 4. The summed E-state index contributed by atoms with van der Waals surface area (Å²) >= 11 is 5.80. The number of aromatic nitrogens is 2. The molecule has 5 nitrogen and oxygen atoms in total. The van der Waals surface area contributed by atoms with Gasteiger partial charge in [0.25, 0.3) is 5.56 Å². The Morgan fingerprint density at radius 3 is 2.46 bits per heavy atom. The number of hydrogen-bond acceptors (Lipinski definition) is 3. The lowest BCUT2D eigenvalue weighted by Crippen LogP contribution is -2.37. The minimum Gasteiger partial charge on any atom is -0.273 e. The van der Waals surface area contributed by atoms with Gasteiger partial charge in [0.05, 0.1) is 22.9 Å². The monoisotopic (exact) mass is 409 g/mol. The third-order valence-electron chi connectivity index (χ3n) is 4.10. The van der Waals surface area contributed by atoms with Gasteiger partial charge in [-0.2, -0.15) is 13.2 Å². The van der Waals surface area contributed by atoms with Gasteiger partial charge in [0.1, 0.15) is 5.82 Å². The van der Waals surface area contributed by atoms with Crippen molar-refractivity contribution in [2.75, 3.05) is 5.43 Å². The van der Waals surface area contributed by atoms with Gasteiger partial charge in [-0.15, -0.1) is 0 Å². The van der Waals surface area contributed by atoms with E-state index in [-0.39, 0.29) is 24.1 Å².